The Morgan fingerprint density at radius 3 is 2.30 bits per heavy atom. The third kappa shape index (κ3) is 4.91. The van der Waals surface area contributed by atoms with Crippen LogP contribution in [0.25, 0.3) is 0 Å². The summed E-state index contributed by atoms with van der Waals surface area (Å²) in [7, 11) is 0. The Hall–Kier alpha value is -1.80. The number of rotatable bonds is 4. The second-order valence-electron chi connectivity index (χ2n) is 9.09. The molecule has 3 atom stereocenters. The lowest BCUT2D eigenvalue weighted by Gasteiger charge is -2.37. The second kappa shape index (κ2) is 8.04. The third-order valence-corrected chi connectivity index (χ3v) is 6.63. The molecule has 5 nitrogen and oxygen atoms in total. The zero-order chi connectivity index (χ0) is 21.5. The van der Waals surface area contributed by atoms with E-state index in [1.165, 1.54) is 12.1 Å². The van der Waals surface area contributed by atoms with E-state index in [-0.39, 0.29) is 35.2 Å². The van der Waals surface area contributed by atoms with E-state index in [2.05, 4.69) is 9.64 Å². The summed E-state index contributed by atoms with van der Waals surface area (Å²) < 4.78 is 46.5. The highest BCUT2D eigenvalue weighted by Crippen LogP contribution is 2.60. The molecule has 3 fully saturated rings. The van der Waals surface area contributed by atoms with Crippen LogP contribution in [0.3, 0.4) is 0 Å². The lowest BCUT2D eigenvalue weighted by Crippen LogP contribution is -2.49. The number of piperidine rings is 1. The first kappa shape index (κ1) is 21.4. The molecule has 166 valence electrons. The lowest BCUT2D eigenvalue weighted by atomic mass is 9.90. The fourth-order valence-electron chi connectivity index (χ4n) is 5.04. The van der Waals surface area contributed by atoms with Crippen molar-refractivity contribution in [2.45, 2.75) is 58.2 Å². The Morgan fingerprint density at radius 1 is 1.13 bits per heavy atom. The van der Waals surface area contributed by atoms with Crippen LogP contribution in [0, 0.1) is 11.3 Å². The minimum absolute atomic E-state index is 0.0853. The molecule has 3 aliphatic rings. The number of morpholine rings is 1. The molecule has 1 spiro atoms. The number of hydrogen-bond acceptors (Lipinski definition) is 4. The fraction of sp³-hybridized carbons (Fsp3) is 0.682. The monoisotopic (exact) mass is 426 g/mol. The first-order valence-electron chi connectivity index (χ1n) is 10.6. The first-order valence-corrected chi connectivity index (χ1v) is 10.6. The minimum atomic E-state index is -4.67. The Labute approximate surface area is 175 Å². The minimum Gasteiger partial charge on any atom is -0.406 e. The van der Waals surface area contributed by atoms with Crippen LogP contribution in [0.2, 0.25) is 0 Å². The standard InChI is InChI=1S/C22H29F3N2O3/c1-15-12-27(13-16(2)29-15)20(28)19-11-21(19)7-9-26(10-8-21)14-17-3-5-18(6-4-17)30-22(23,24)25/h3-6,15-16,19H,7-14H2,1-2H3/t15-,16+,19?. The first-order chi connectivity index (χ1) is 14.1. The lowest BCUT2D eigenvalue weighted by molar-refractivity contribution is -0.274. The molecular weight excluding hydrogens is 397 g/mol. The van der Waals surface area contributed by atoms with Gasteiger partial charge in [0.2, 0.25) is 5.91 Å². The molecule has 2 aliphatic heterocycles. The molecule has 0 aromatic heterocycles. The molecule has 1 unspecified atom stereocenters. The number of nitrogens with zero attached hydrogens (tertiary/aromatic N) is 2. The highest BCUT2D eigenvalue weighted by molar-refractivity contribution is 5.83. The van der Waals surface area contributed by atoms with Gasteiger partial charge in [-0.3, -0.25) is 9.69 Å². The SMILES string of the molecule is C[C@@H]1CN(C(=O)C2CC23CCN(Cc2ccc(OC(F)(F)F)cc2)CC3)C[C@H](C)O1. The van der Waals surface area contributed by atoms with Crippen LogP contribution >= 0.6 is 0 Å². The van der Waals surface area contributed by atoms with Crippen molar-refractivity contribution in [3.8, 4) is 5.75 Å². The Bertz CT molecular complexity index is 750. The average molecular weight is 426 g/mol. The van der Waals surface area contributed by atoms with Crippen LogP contribution in [0.4, 0.5) is 13.2 Å². The van der Waals surface area contributed by atoms with E-state index < -0.39 is 6.36 Å². The molecule has 4 rings (SSSR count). The highest BCUT2D eigenvalue weighted by atomic mass is 19.4. The van der Waals surface area contributed by atoms with Gasteiger partial charge in [0.05, 0.1) is 12.2 Å². The summed E-state index contributed by atoms with van der Waals surface area (Å²) in [6.07, 6.45) is -1.53. The zero-order valence-electron chi connectivity index (χ0n) is 17.5. The number of halogens is 3. The van der Waals surface area contributed by atoms with Crippen LogP contribution in [0.15, 0.2) is 24.3 Å². The van der Waals surface area contributed by atoms with Gasteiger partial charge in [0, 0.05) is 25.6 Å². The maximum Gasteiger partial charge on any atom is 0.573 e. The quantitative estimate of drug-likeness (QED) is 0.734. The molecule has 1 saturated carbocycles. The maximum absolute atomic E-state index is 13.0. The molecule has 1 aliphatic carbocycles. The van der Waals surface area contributed by atoms with Gasteiger partial charge in [-0.15, -0.1) is 13.2 Å². The maximum atomic E-state index is 13.0. The van der Waals surface area contributed by atoms with E-state index in [4.69, 9.17) is 4.74 Å². The van der Waals surface area contributed by atoms with Gasteiger partial charge in [0.15, 0.2) is 0 Å². The molecule has 1 aromatic carbocycles. The van der Waals surface area contributed by atoms with Crippen LogP contribution < -0.4 is 4.74 Å². The Balaban J connectivity index is 1.26. The molecule has 1 amide bonds. The van der Waals surface area contributed by atoms with E-state index in [9.17, 15) is 18.0 Å². The molecule has 1 aromatic rings. The molecule has 0 N–H and O–H groups in total. The van der Waals surface area contributed by atoms with Crippen LogP contribution in [0.1, 0.15) is 38.7 Å². The summed E-state index contributed by atoms with van der Waals surface area (Å²) in [5.74, 6) is 0.219. The van der Waals surface area contributed by atoms with Gasteiger partial charge in [-0.2, -0.15) is 0 Å². The predicted molar refractivity (Wildman–Crippen MR) is 105 cm³/mol. The summed E-state index contributed by atoms with van der Waals surface area (Å²) in [5.41, 5.74) is 1.10. The highest BCUT2D eigenvalue weighted by Gasteiger charge is 2.59. The van der Waals surface area contributed by atoms with Crippen molar-refractivity contribution in [2.75, 3.05) is 26.2 Å². The van der Waals surface area contributed by atoms with Gasteiger partial charge >= 0.3 is 6.36 Å². The number of likely N-dealkylation sites (tertiary alicyclic amines) is 1. The van der Waals surface area contributed by atoms with Gasteiger partial charge in [-0.25, -0.2) is 0 Å². The number of benzene rings is 1. The van der Waals surface area contributed by atoms with Gasteiger partial charge in [0.1, 0.15) is 5.75 Å². The Kier molecular flexibility index (Phi) is 5.74. The Morgan fingerprint density at radius 2 is 1.73 bits per heavy atom. The normalized spacial score (nSPS) is 29.1. The smallest absolute Gasteiger partial charge is 0.406 e. The largest absolute Gasteiger partial charge is 0.573 e. The van der Waals surface area contributed by atoms with Gasteiger partial charge in [-0.1, -0.05) is 12.1 Å². The van der Waals surface area contributed by atoms with Crippen molar-refractivity contribution in [2.24, 2.45) is 11.3 Å². The van der Waals surface area contributed by atoms with Crippen molar-refractivity contribution in [1.82, 2.24) is 9.80 Å². The summed E-state index contributed by atoms with van der Waals surface area (Å²) in [6, 6.07) is 6.06. The average Bonchev–Trinajstić information content (AvgIpc) is 3.36. The number of amides is 1. The fourth-order valence-corrected chi connectivity index (χ4v) is 5.04. The number of carbonyl (C=O) groups is 1. The predicted octanol–water partition coefficient (Wildman–Crippen LogP) is 3.82. The van der Waals surface area contributed by atoms with E-state index in [0.29, 0.717) is 19.6 Å². The van der Waals surface area contributed by atoms with Crippen molar-refractivity contribution in [3.05, 3.63) is 29.8 Å². The summed E-state index contributed by atoms with van der Waals surface area (Å²) in [4.78, 5) is 17.3. The van der Waals surface area contributed by atoms with Gasteiger partial charge < -0.3 is 14.4 Å². The van der Waals surface area contributed by atoms with Crippen LogP contribution in [-0.4, -0.2) is 60.5 Å². The van der Waals surface area contributed by atoms with Gasteiger partial charge in [0.25, 0.3) is 0 Å². The van der Waals surface area contributed by atoms with E-state index in [0.717, 1.165) is 37.9 Å². The van der Waals surface area contributed by atoms with Crippen molar-refractivity contribution >= 4 is 5.91 Å². The molecule has 0 bridgehead atoms. The molecule has 30 heavy (non-hydrogen) atoms. The molecule has 8 heteroatoms. The molecule has 2 heterocycles. The van der Waals surface area contributed by atoms with Crippen LogP contribution in [0.5, 0.6) is 5.75 Å². The number of alkyl halides is 3. The molecular formula is C22H29F3N2O3. The number of ether oxygens (including phenoxy) is 2. The van der Waals surface area contributed by atoms with E-state index in [1.54, 1.807) is 12.1 Å². The third-order valence-electron chi connectivity index (χ3n) is 6.63. The van der Waals surface area contributed by atoms with Crippen molar-refractivity contribution < 1.29 is 27.4 Å². The summed E-state index contributed by atoms with van der Waals surface area (Å²) in [6.45, 7) is 7.88. The number of hydrogen-bond donors (Lipinski definition) is 0. The zero-order valence-corrected chi connectivity index (χ0v) is 17.5. The van der Waals surface area contributed by atoms with Crippen molar-refractivity contribution in [1.29, 1.82) is 0 Å². The molecule has 2 saturated heterocycles. The summed E-state index contributed by atoms with van der Waals surface area (Å²) in [5, 5.41) is 0. The molecule has 0 radical (unpaired) electrons. The van der Waals surface area contributed by atoms with E-state index in [1.807, 2.05) is 18.7 Å². The topological polar surface area (TPSA) is 42.0 Å². The van der Waals surface area contributed by atoms with E-state index >= 15 is 0 Å². The summed E-state index contributed by atoms with van der Waals surface area (Å²) >= 11 is 0. The van der Waals surface area contributed by atoms with Crippen molar-refractivity contribution in [3.63, 3.8) is 0 Å². The van der Waals surface area contributed by atoms with Gasteiger partial charge in [-0.05, 0) is 69.3 Å². The number of carbonyl (C=O) groups excluding carboxylic acids is 1. The second-order valence-corrected chi connectivity index (χ2v) is 9.09. The van der Waals surface area contributed by atoms with Crippen LogP contribution in [-0.2, 0) is 16.1 Å².